The van der Waals surface area contributed by atoms with Crippen molar-refractivity contribution in [1.29, 1.82) is 0 Å². The monoisotopic (exact) mass is 260 g/mol. The van der Waals surface area contributed by atoms with Crippen LogP contribution >= 0.6 is 15.9 Å². The van der Waals surface area contributed by atoms with Crippen molar-refractivity contribution >= 4 is 15.9 Å². The van der Waals surface area contributed by atoms with Gasteiger partial charge in [-0.05, 0) is 43.0 Å². The maximum absolute atomic E-state index is 5.30. The lowest BCUT2D eigenvalue weighted by Crippen LogP contribution is -2.35. The lowest BCUT2D eigenvalue weighted by Gasteiger charge is -2.17. The number of halogens is 1. The van der Waals surface area contributed by atoms with Gasteiger partial charge in [0.2, 0.25) is 0 Å². The molecule has 1 aromatic heterocycles. The van der Waals surface area contributed by atoms with Crippen molar-refractivity contribution in [2.24, 2.45) is 0 Å². The quantitative estimate of drug-likeness (QED) is 0.879. The summed E-state index contributed by atoms with van der Waals surface area (Å²) in [5.74, 6) is 0.954. The third-order valence-electron chi connectivity index (χ3n) is 1.94. The summed E-state index contributed by atoms with van der Waals surface area (Å²) in [6.45, 7) is 3.96. The van der Waals surface area contributed by atoms with Crippen LogP contribution in [0.3, 0.4) is 0 Å². The van der Waals surface area contributed by atoms with Crippen LogP contribution in [-0.4, -0.2) is 31.6 Å². The number of nitrogens with one attached hydrogen (secondary N) is 1. The maximum atomic E-state index is 5.30. The van der Waals surface area contributed by atoms with E-state index >= 15 is 0 Å². The van der Waals surface area contributed by atoms with Gasteiger partial charge in [0.1, 0.15) is 5.76 Å². The first-order valence-electron chi connectivity index (χ1n) is 4.69. The lowest BCUT2D eigenvalue weighted by atomic mass is 10.3. The molecule has 4 heteroatoms. The first-order chi connectivity index (χ1) is 6.59. The molecule has 0 fully saturated rings. The van der Waals surface area contributed by atoms with E-state index in [0.717, 1.165) is 23.3 Å². The summed E-state index contributed by atoms with van der Waals surface area (Å²) in [5.41, 5.74) is 0. The van der Waals surface area contributed by atoms with Crippen LogP contribution in [0.1, 0.15) is 12.7 Å². The van der Waals surface area contributed by atoms with Gasteiger partial charge >= 0.3 is 0 Å². The molecule has 0 aliphatic carbocycles. The summed E-state index contributed by atoms with van der Waals surface area (Å²) in [7, 11) is 4.14. The Bertz CT molecular complexity index is 273. The van der Waals surface area contributed by atoms with E-state index in [9.17, 15) is 0 Å². The molecule has 1 rings (SSSR count). The summed E-state index contributed by atoms with van der Waals surface area (Å²) in [6.07, 6.45) is 1.69. The van der Waals surface area contributed by atoms with E-state index in [1.54, 1.807) is 6.26 Å². The number of hydrogen-bond acceptors (Lipinski definition) is 3. The topological polar surface area (TPSA) is 28.4 Å². The van der Waals surface area contributed by atoms with Crippen LogP contribution in [-0.2, 0) is 6.54 Å². The van der Waals surface area contributed by atoms with E-state index in [0.29, 0.717) is 6.04 Å². The zero-order chi connectivity index (χ0) is 10.6. The largest absolute Gasteiger partial charge is 0.467 e. The van der Waals surface area contributed by atoms with E-state index < -0.39 is 0 Å². The molecule has 1 atom stereocenters. The highest BCUT2D eigenvalue weighted by Crippen LogP contribution is 2.16. The average molecular weight is 261 g/mol. The number of rotatable bonds is 5. The molecular formula is C10H17BrN2O. The summed E-state index contributed by atoms with van der Waals surface area (Å²) in [4.78, 5) is 2.16. The number of nitrogens with zero attached hydrogens (tertiary/aromatic N) is 1. The Hall–Kier alpha value is -0.320. The van der Waals surface area contributed by atoms with Gasteiger partial charge in [0.15, 0.2) is 0 Å². The molecule has 0 saturated heterocycles. The van der Waals surface area contributed by atoms with Gasteiger partial charge in [-0.2, -0.15) is 0 Å². The van der Waals surface area contributed by atoms with E-state index in [-0.39, 0.29) is 0 Å². The third kappa shape index (κ3) is 3.82. The fourth-order valence-corrected chi connectivity index (χ4v) is 1.67. The molecular weight excluding hydrogens is 244 g/mol. The van der Waals surface area contributed by atoms with Crippen molar-refractivity contribution < 1.29 is 4.42 Å². The van der Waals surface area contributed by atoms with Crippen LogP contribution in [0.4, 0.5) is 0 Å². The zero-order valence-electron chi connectivity index (χ0n) is 8.88. The van der Waals surface area contributed by atoms with Crippen LogP contribution < -0.4 is 5.32 Å². The minimum Gasteiger partial charge on any atom is -0.467 e. The molecule has 0 amide bonds. The van der Waals surface area contributed by atoms with Crippen LogP contribution in [0.25, 0.3) is 0 Å². The Balaban J connectivity index is 2.30. The standard InChI is InChI=1S/C10H17BrN2O/c1-8(7-13(2)3)12-6-10-9(11)4-5-14-10/h4-5,8,12H,6-7H2,1-3H3. The number of hydrogen-bond donors (Lipinski definition) is 1. The van der Waals surface area contributed by atoms with E-state index in [2.05, 4.69) is 47.2 Å². The highest BCUT2D eigenvalue weighted by atomic mass is 79.9. The Morgan fingerprint density at radius 3 is 2.79 bits per heavy atom. The lowest BCUT2D eigenvalue weighted by molar-refractivity contribution is 0.341. The van der Waals surface area contributed by atoms with Gasteiger partial charge in [-0.15, -0.1) is 0 Å². The van der Waals surface area contributed by atoms with Crippen molar-refractivity contribution in [3.8, 4) is 0 Å². The van der Waals surface area contributed by atoms with Crippen LogP contribution in [0.2, 0.25) is 0 Å². The van der Waals surface area contributed by atoms with Gasteiger partial charge in [0.25, 0.3) is 0 Å². The van der Waals surface area contributed by atoms with Crippen molar-refractivity contribution in [2.75, 3.05) is 20.6 Å². The molecule has 1 N–H and O–H groups in total. The molecule has 3 nitrogen and oxygen atoms in total. The van der Waals surface area contributed by atoms with Crippen LogP contribution in [0.5, 0.6) is 0 Å². The number of likely N-dealkylation sites (N-methyl/N-ethyl adjacent to an activating group) is 1. The second-order valence-electron chi connectivity index (χ2n) is 3.74. The van der Waals surface area contributed by atoms with Gasteiger partial charge < -0.3 is 14.6 Å². The Labute approximate surface area is 93.6 Å². The molecule has 0 spiro atoms. The summed E-state index contributed by atoms with van der Waals surface area (Å²) < 4.78 is 6.33. The van der Waals surface area contributed by atoms with Gasteiger partial charge in [-0.25, -0.2) is 0 Å². The second-order valence-corrected chi connectivity index (χ2v) is 4.59. The molecule has 14 heavy (non-hydrogen) atoms. The minimum atomic E-state index is 0.460. The van der Waals surface area contributed by atoms with Crippen molar-refractivity contribution in [2.45, 2.75) is 19.5 Å². The fourth-order valence-electron chi connectivity index (χ4n) is 1.33. The Morgan fingerprint density at radius 2 is 2.29 bits per heavy atom. The molecule has 1 unspecified atom stereocenters. The summed E-state index contributed by atoms with van der Waals surface area (Å²) in [5, 5.41) is 3.39. The van der Waals surface area contributed by atoms with Crippen LogP contribution in [0, 0.1) is 0 Å². The van der Waals surface area contributed by atoms with E-state index in [1.165, 1.54) is 0 Å². The number of furan rings is 1. The molecule has 0 aliphatic heterocycles. The molecule has 0 saturated carbocycles. The fraction of sp³-hybridized carbons (Fsp3) is 0.600. The van der Waals surface area contributed by atoms with Crippen LogP contribution in [0.15, 0.2) is 21.2 Å². The van der Waals surface area contributed by atoms with Gasteiger partial charge in [-0.3, -0.25) is 0 Å². The first-order valence-corrected chi connectivity index (χ1v) is 5.49. The second kappa shape index (κ2) is 5.53. The van der Waals surface area contributed by atoms with E-state index in [1.807, 2.05) is 6.07 Å². The zero-order valence-corrected chi connectivity index (χ0v) is 10.5. The summed E-state index contributed by atoms with van der Waals surface area (Å²) in [6, 6.07) is 2.37. The Kier molecular flexibility index (Phi) is 4.65. The highest BCUT2D eigenvalue weighted by Gasteiger charge is 2.06. The minimum absolute atomic E-state index is 0.460. The van der Waals surface area contributed by atoms with Crippen molar-refractivity contribution in [3.63, 3.8) is 0 Å². The molecule has 1 heterocycles. The highest BCUT2D eigenvalue weighted by molar-refractivity contribution is 9.10. The third-order valence-corrected chi connectivity index (χ3v) is 2.65. The summed E-state index contributed by atoms with van der Waals surface area (Å²) >= 11 is 3.42. The predicted octanol–water partition coefficient (Wildman–Crippen LogP) is 2.08. The normalized spacial score (nSPS) is 13.5. The van der Waals surface area contributed by atoms with Crippen molar-refractivity contribution in [3.05, 3.63) is 22.6 Å². The molecule has 0 bridgehead atoms. The van der Waals surface area contributed by atoms with E-state index in [4.69, 9.17) is 4.42 Å². The maximum Gasteiger partial charge on any atom is 0.131 e. The first kappa shape index (κ1) is 11.8. The van der Waals surface area contributed by atoms with Gasteiger partial charge in [-0.1, -0.05) is 0 Å². The molecule has 0 radical (unpaired) electrons. The molecule has 0 aromatic carbocycles. The van der Waals surface area contributed by atoms with Gasteiger partial charge in [0, 0.05) is 12.6 Å². The van der Waals surface area contributed by atoms with Crippen molar-refractivity contribution in [1.82, 2.24) is 10.2 Å². The molecule has 1 aromatic rings. The Morgan fingerprint density at radius 1 is 1.57 bits per heavy atom. The smallest absolute Gasteiger partial charge is 0.131 e. The van der Waals surface area contributed by atoms with Gasteiger partial charge in [0.05, 0.1) is 17.3 Å². The molecule has 80 valence electrons. The average Bonchev–Trinajstić information content (AvgIpc) is 2.46. The predicted molar refractivity (Wildman–Crippen MR) is 61.3 cm³/mol. The molecule has 0 aliphatic rings. The SMILES string of the molecule is CC(CN(C)C)NCc1occc1Br.